The molecule has 0 unspecified atom stereocenters. The van der Waals surface area contributed by atoms with Crippen LogP contribution in [0, 0.1) is 23.2 Å². The zero-order chi connectivity index (χ0) is 9.22. The summed E-state index contributed by atoms with van der Waals surface area (Å²) in [4.78, 5) is 11.1. The lowest BCUT2D eigenvalue weighted by Crippen LogP contribution is -2.24. The van der Waals surface area contributed by atoms with Crippen LogP contribution in [0.2, 0.25) is 0 Å². The van der Waals surface area contributed by atoms with E-state index in [4.69, 9.17) is 4.74 Å². The predicted molar refractivity (Wildman–Crippen MR) is 44.8 cm³/mol. The van der Waals surface area contributed by atoms with Gasteiger partial charge in [0.1, 0.15) is 6.10 Å². The number of hydrogen-bond acceptors (Lipinski definition) is 3. The van der Waals surface area contributed by atoms with Gasteiger partial charge in [0, 0.05) is 17.9 Å². The maximum absolute atomic E-state index is 11.1. The number of hydrogen-bond donors (Lipinski definition) is 1. The van der Waals surface area contributed by atoms with E-state index < -0.39 is 0 Å². The lowest BCUT2D eigenvalue weighted by molar-refractivity contribution is -0.143. The number of rotatable bonds is 1. The van der Waals surface area contributed by atoms with Gasteiger partial charge < -0.3 is 9.84 Å². The molecular formula is C10H14O3. The maximum atomic E-state index is 11.1. The van der Waals surface area contributed by atoms with Gasteiger partial charge in [-0.2, -0.15) is 0 Å². The van der Waals surface area contributed by atoms with Crippen LogP contribution in [0.5, 0.6) is 0 Å². The van der Waals surface area contributed by atoms with Gasteiger partial charge in [-0.15, -0.1) is 0 Å². The maximum Gasteiger partial charge on any atom is 0.306 e. The Labute approximate surface area is 77.1 Å². The van der Waals surface area contributed by atoms with E-state index in [0.29, 0.717) is 24.2 Å². The van der Waals surface area contributed by atoms with E-state index in [0.717, 1.165) is 6.42 Å². The summed E-state index contributed by atoms with van der Waals surface area (Å²) in [6.07, 6.45) is 1.77. The minimum Gasteiger partial charge on any atom is -0.461 e. The summed E-state index contributed by atoms with van der Waals surface area (Å²) in [5.41, 5.74) is 0.213. The highest BCUT2D eigenvalue weighted by Gasteiger charge is 2.71. The number of aliphatic hydroxyl groups is 1. The first-order chi connectivity index (χ1) is 6.16. The summed E-state index contributed by atoms with van der Waals surface area (Å²) in [6, 6.07) is 0. The minimum absolute atomic E-state index is 0.0694. The molecule has 0 spiro atoms. The normalized spacial score (nSPS) is 57.2. The number of aliphatic hydroxyl groups excluding tert-OH is 1. The van der Waals surface area contributed by atoms with E-state index in [2.05, 4.69) is 6.92 Å². The van der Waals surface area contributed by atoms with Crippen molar-refractivity contribution in [3.05, 3.63) is 0 Å². The predicted octanol–water partition coefficient (Wildman–Crippen LogP) is 0.566. The van der Waals surface area contributed by atoms with E-state index in [1.54, 1.807) is 0 Å². The molecule has 3 rings (SSSR count). The van der Waals surface area contributed by atoms with Crippen molar-refractivity contribution in [2.45, 2.75) is 25.9 Å². The van der Waals surface area contributed by atoms with Crippen LogP contribution in [-0.2, 0) is 9.53 Å². The van der Waals surface area contributed by atoms with Gasteiger partial charge >= 0.3 is 5.97 Å². The third-order valence-corrected chi connectivity index (χ3v) is 4.32. The summed E-state index contributed by atoms with van der Waals surface area (Å²) < 4.78 is 5.32. The Hall–Kier alpha value is -0.570. The Balaban J connectivity index is 1.93. The van der Waals surface area contributed by atoms with E-state index in [1.165, 1.54) is 0 Å². The van der Waals surface area contributed by atoms with Crippen LogP contribution < -0.4 is 0 Å². The smallest absolute Gasteiger partial charge is 0.306 e. The molecule has 3 fully saturated rings. The van der Waals surface area contributed by atoms with Crippen LogP contribution in [0.15, 0.2) is 0 Å². The largest absolute Gasteiger partial charge is 0.461 e. The number of carbonyl (C=O) groups excluding carboxylic acids is 1. The average Bonchev–Trinajstić information content (AvgIpc) is 2.51. The highest BCUT2D eigenvalue weighted by molar-refractivity contribution is 5.73. The molecule has 5 atom stereocenters. The number of ether oxygens (including phenoxy) is 1. The molecule has 0 aromatic heterocycles. The van der Waals surface area contributed by atoms with Crippen LogP contribution >= 0.6 is 0 Å². The van der Waals surface area contributed by atoms with Gasteiger partial charge in [-0.05, 0) is 18.3 Å². The lowest BCUT2D eigenvalue weighted by Gasteiger charge is -2.19. The first-order valence-corrected chi connectivity index (χ1v) is 4.97. The fourth-order valence-electron chi connectivity index (χ4n) is 3.52. The highest BCUT2D eigenvalue weighted by Crippen LogP contribution is 2.70. The molecule has 0 bridgehead atoms. The molecule has 0 radical (unpaired) electrons. The Morgan fingerprint density at radius 2 is 2.46 bits per heavy atom. The SMILES string of the molecule is C[C@]12C[C@H]1[C@@H](CO)[C@@H]1CC(=O)O[C@@H]12. The van der Waals surface area contributed by atoms with Crippen LogP contribution in [-0.4, -0.2) is 23.8 Å². The third-order valence-electron chi connectivity index (χ3n) is 4.32. The topological polar surface area (TPSA) is 46.5 Å². The van der Waals surface area contributed by atoms with Crippen molar-refractivity contribution < 1.29 is 14.6 Å². The lowest BCUT2D eigenvalue weighted by atomic mass is 9.88. The monoisotopic (exact) mass is 182 g/mol. The number of fused-ring (bicyclic) bond motifs is 3. The van der Waals surface area contributed by atoms with Gasteiger partial charge in [0.2, 0.25) is 0 Å². The Morgan fingerprint density at radius 3 is 3.15 bits per heavy atom. The second-order valence-electron chi connectivity index (χ2n) is 4.94. The van der Waals surface area contributed by atoms with Crippen LogP contribution in [0.3, 0.4) is 0 Å². The van der Waals surface area contributed by atoms with Crippen molar-refractivity contribution in [3.8, 4) is 0 Å². The molecule has 13 heavy (non-hydrogen) atoms. The van der Waals surface area contributed by atoms with Crippen molar-refractivity contribution >= 4 is 5.97 Å². The van der Waals surface area contributed by atoms with Crippen molar-refractivity contribution in [1.82, 2.24) is 0 Å². The zero-order valence-corrected chi connectivity index (χ0v) is 7.69. The van der Waals surface area contributed by atoms with Gasteiger partial charge in [0.25, 0.3) is 0 Å². The Kier molecular flexibility index (Phi) is 1.25. The molecule has 1 aliphatic heterocycles. The third kappa shape index (κ3) is 0.766. The minimum atomic E-state index is -0.0694. The molecule has 1 heterocycles. The summed E-state index contributed by atoms with van der Waals surface area (Å²) in [6.45, 7) is 2.40. The first kappa shape index (κ1) is 7.80. The molecule has 1 N–H and O–H groups in total. The fourth-order valence-corrected chi connectivity index (χ4v) is 3.52. The fraction of sp³-hybridized carbons (Fsp3) is 0.900. The summed E-state index contributed by atoms with van der Waals surface area (Å²) in [5.74, 6) is 1.17. The summed E-state index contributed by atoms with van der Waals surface area (Å²) in [5, 5.41) is 9.24. The van der Waals surface area contributed by atoms with Gasteiger partial charge in [-0.3, -0.25) is 4.79 Å². The molecule has 1 saturated heterocycles. The van der Waals surface area contributed by atoms with Crippen molar-refractivity contribution in [1.29, 1.82) is 0 Å². The second kappa shape index (κ2) is 2.08. The van der Waals surface area contributed by atoms with Gasteiger partial charge in [-0.1, -0.05) is 6.92 Å². The summed E-state index contributed by atoms with van der Waals surface area (Å²) in [7, 11) is 0. The van der Waals surface area contributed by atoms with Crippen molar-refractivity contribution in [2.24, 2.45) is 23.2 Å². The Morgan fingerprint density at radius 1 is 1.69 bits per heavy atom. The van der Waals surface area contributed by atoms with Crippen molar-refractivity contribution in [3.63, 3.8) is 0 Å². The van der Waals surface area contributed by atoms with E-state index in [-0.39, 0.29) is 24.1 Å². The molecule has 2 saturated carbocycles. The molecule has 3 heteroatoms. The standard InChI is InChI=1S/C10H14O3/c1-10-3-7(10)6(4-11)5-2-8(12)13-9(5)10/h5-7,9,11H,2-4H2,1H3/t5-,6-,7-,9-,10-/m0/s1. The van der Waals surface area contributed by atoms with Crippen molar-refractivity contribution in [2.75, 3.05) is 6.61 Å². The highest BCUT2D eigenvalue weighted by atomic mass is 16.6. The van der Waals surface area contributed by atoms with Gasteiger partial charge in [0.15, 0.2) is 0 Å². The number of carbonyl (C=O) groups is 1. The molecule has 0 amide bonds. The van der Waals surface area contributed by atoms with Crippen LogP contribution in [0.1, 0.15) is 19.8 Å². The average molecular weight is 182 g/mol. The molecule has 0 aromatic carbocycles. The van der Waals surface area contributed by atoms with Gasteiger partial charge in [-0.25, -0.2) is 0 Å². The molecule has 3 aliphatic rings. The van der Waals surface area contributed by atoms with Crippen LogP contribution in [0.4, 0.5) is 0 Å². The quantitative estimate of drug-likeness (QED) is 0.603. The van der Waals surface area contributed by atoms with E-state index in [1.807, 2.05) is 0 Å². The molecule has 72 valence electrons. The summed E-state index contributed by atoms with van der Waals surface area (Å²) >= 11 is 0. The zero-order valence-electron chi connectivity index (χ0n) is 7.69. The van der Waals surface area contributed by atoms with E-state index >= 15 is 0 Å². The molecule has 3 nitrogen and oxygen atoms in total. The second-order valence-corrected chi connectivity index (χ2v) is 4.94. The van der Waals surface area contributed by atoms with Gasteiger partial charge in [0.05, 0.1) is 6.42 Å². The first-order valence-electron chi connectivity index (χ1n) is 4.97. The van der Waals surface area contributed by atoms with Crippen LogP contribution in [0.25, 0.3) is 0 Å². The van der Waals surface area contributed by atoms with E-state index in [9.17, 15) is 9.90 Å². The Bertz CT molecular complexity index is 275. The molecular weight excluding hydrogens is 168 g/mol. The molecule has 2 aliphatic carbocycles. The molecule has 0 aromatic rings. The number of esters is 1.